The van der Waals surface area contributed by atoms with Gasteiger partial charge in [0.05, 0.1) is 6.04 Å². The first-order chi connectivity index (χ1) is 12.6. The summed E-state index contributed by atoms with van der Waals surface area (Å²) < 4.78 is 0. The van der Waals surface area contributed by atoms with Crippen molar-refractivity contribution in [2.75, 3.05) is 5.32 Å². The fourth-order valence-corrected chi connectivity index (χ4v) is 2.98. The predicted octanol–water partition coefficient (Wildman–Crippen LogP) is 5.79. The molecule has 0 radical (unpaired) electrons. The Balaban J connectivity index is 1.86. The number of carbonyl (C=O) groups is 1. The molecule has 0 saturated carbocycles. The van der Waals surface area contributed by atoms with Crippen molar-refractivity contribution in [3.05, 3.63) is 102 Å². The molecule has 26 heavy (non-hydrogen) atoms. The van der Waals surface area contributed by atoms with Crippen molar-refractivity contribution < 1.29 is 4.79 Å². The van der Waals surface area contributed by atoms with Crippen LogP contribution in [-0.4, -0.2) is 10.9 Å². The van der Waals surface area contributed by atoms with Gasteiger partial charge in [-0.05, 0) is 36.6 Å². The number of carbonyl (C=O) groups excluding carboxylic acids is 1. The second-order valence-electron chi connectivity index (χ2n) is 6.45. The molecule has 0 aliphatic carbocycles. The minimum Gasteiger partial charge on any atom is -0.313 e. The lowest BCUT2D eigenvalue weighted by atomic mass is 10.1. The van der Waals surface area contributed by atoms with E-state index < -0.39 is 0 Å². The van der Waals surface area contributed by atoms with E-state index in [0.29, 0.717) is 6.54 Å². The van der Waals surface area contributed by atoms with Crippen molar-refractivity contribution in [2.45, 2.75) is 26.4 Å². The Kier molecular flexibility index (Phi) is 5.69. The second-order valence-corrected chi connectivity index (χ2v) is 6.45. The molecule has 1 unspecified atom stereocenters. The summed E-state index contributed by atoms with van der Waals surface area (Å²) in [5.41, 5.74) is 4.11. The highest BCUT2D eigenvalue weighted by molar-refractivity contribution is 5.90. The summed E-state index contributed by atoms with van der Waals surface area (Å²) in [5.74, 6) is 0. The Hall–Kier alpha value is -3.07. The number of nitrogens with zero attached hydrogens (tertiary/aromatic N) is 1. The van der Waals surface area contributed by atoms with E-state index in [1.165, 1.54) is 0 Å². The standard InChI is InChI=1S/C23H24N2O/c1-18-11-9-10-16-22(18)24-23(26)25(17-20-12-5-3-6-13-20)19(2)21-14-7-4-8-15-21/h3-16,19H,17H2,1-2H3,(H,24,26). The van der Waals surface area contributed by atoms with Gasteiger partial charge in [0, 0.05) is 12.2 Å². The van der Waals surface area contributed by atoms with Crippen LogP contribution in [-0.2, 0) is 6.54 Å². The molecule has 3 nitrogen and oxygen atoms in total. The third-order valence-electron chi connectivity index (χ3n) is 4.59. The highest BCUT2D eigenvalue weighted by Gasteiger charge is 2.22. The highest BCUT2D eigenvalue weighted by Crippen LogP contribution is 2.24. The summed E-state index contributed by atoms with van der Waals surface area (Å²) in [6, 6.07) is 27.9. The summed E-state index contributed by atoms with van der Waals surface area (Å²) in [6.45, 7) is 4.61. The molecule has 3 aromatic carbocycles. The molecule has 0 aliphatic rings. The van der Waals surface area contributed by atoms with Gasteiger partial charge in [-0.2, -0.15) is 0 Å². The van der Waals surface area contributed by atoms with Crippen LogP contribution in [0.3, 0.4) is 0 Å². The third kappa shape index (κ3) is 4.31. The van der Waals surface area contributed by atoms with E-state index in [-0.39, 0.29) is 12.1 Å². The predicted molar refractivity (Wildman–Crippen MR) is 107 cm³/mol. The molecule has 0 spiro atoms. The molecular formula is C23H24N2O. The average molecular weight is 344 g/mol. The zero-order valence-electron chi connectivity index (χ0n) is 15.2. The number of rotatable bonds is 5. The van der Waals surface area contributed by atoms with Gasteiger partial charge in [0.25, 0.3) is 0 Å². The molecule has 132 valence electrons. The van der Waals surface area contributed by atoms with Gasteiger partial charge in [-0.25, -0.2) is 4.79 Å². The van der Waals surface area contributed by atoms with E-state index in [1.54, 1.807) is 0 Å². The van der Waals surface area contributed by atoms with Crippen LogP contribution in [0, 0.1) is 6.92 Å². The number of hydrogen-bond acceptors (Lipinski definition) is 1. The van der Waals surface area contributed by atoms with Gasteiger partial charge >= 0.3 is 6.03 Å². The molecule has 0 saturated heterocycles. The minimum absolute atomic E-state index is 0.0413. The van der Waals surface area contributed by atoms with Gasteiger partial charge in [0.2, 0.25) is 0 Å². The van der Waals surface area contributed by atoms with Crippen molar-refractivity contribution in [3.8, 4) is 0 Å². The van der Waals surface area contributed by atoms with E-state index in [2.05, 4.69) is 24.4 Å². The van der Waals surface area contributed by atoms with E-state index in [0.717, 1.165) is 22.4 Å². The molecule has 0 bridgehead atoms. The molecule has 3 rings (SSSR count). The first-order valence-electron chi connectivity index (χ1n) is 8.87. The number of amides is 2. The van der Waals surface area contributed by atoms with E-state index >= 15 is 0 Å². The monoisotopic (exact) mass is 344 g/mol. The quantitative estimate of drug-likeness (QED) is 0.624. The molecular weight excluding hydrogens is 320 g/mol. The maximum atomic E-state index is 13.1. The minimum atomic E-state index is -0.0977. The zero-order chi connectivity index (χ0) is 18.4. The van der Waals surface area contributed by atoms with Gasteiger partial charge in [0.1, 0.15) is 0 Å². The normalized spacial score (nSPS) is 11.6. The van der Waals surface area contributed by atoms with Gasteiger partial charge in [-0.15, -0.1) is 0 Å². The molecule has 0 aromatic heterocycles. The molecule has 2 amide bonds. The fourth-order valence-electron chi connectivity index (χ4n) is 2.98. The lowest BCUT2D eigenvalue weighted by molar-refractivity contribution is 0.189. The van der Waals surface area contributed by atoms with Crippen LogP contribution in [0.25, 0.3) is 0 Å². The van der Waals surface area contributed by atoms with Crippen LogP contribution in [0.15, 0.2) is 84.9 Å². The zero-order valence-corrected chi connectivity index (χ0v) is 15.2. The van der Waals surface area contributed by atoms with Gasteiger partial charge < -0.3 is 10.2 Å². The Morgan fingerprint density at radius 1 is 0.885 bits per heavy atom. The topological polar surface area (TPSA) is 32.3 Å². The second kappa shape index (κ2) is 8.34. The lowest BCUT2D eigenvalue weighted by Gasteiger charge is -2.30. The molecule has 0 fully saturated rings. The molecule has 1 N–H and O–H groups in total. The lowest BCUT2D eigenvalue weighted by Crippen LogP contribution is -2.36. The summed E-state index contributed by atoms with van der Waals surface area (Å²) in [7, 11) is 0. The van der Waals surface area contributed by atoms with E-state index in [4.69, 9.17) is 0 Å². The van der Waals surface area contributed by atoms with E-state index in [9.17, 15) is 4.79 Å². The maximum Gasteiger partial charge on any atom is 0.322 e. The maximum absolute atomic E-state index is 13.1. The van der Waals surface area contributed by atoms with Gasteiger partial charge in [-0.1, -0.05) is 78.9 Å². The average Bonchev–Trinajstić information content (AvgIpc) is 2.69. The van der Waals surface area contributed by atoms with Crippen LogP contribution in [0.2, 0.25) is 0 Å². The van der Waals surface area contributed by atoms with E-state index in [1.807, 2.05) is 84.6 Å². The van der Waals surface area contributed by atoms with Crippen molar-refractivity contribution in [2.24, 2.45) is 0 Å². The highest BCUT2D eigenvalue weighted by atomic mass is 16.2. The van der Waals surface area contributed by atoms with Gasteiger partial charge in [-0.3, -0.25) is 0 Å². The first-order valence-corrected chi connectivity index (χ1v) is 8.87. The molecule has 1 atom stereocenters. The summed E-state index contributed by atoms with van der Waals surface area (Å²) in [4.78, 5) is 15.0. The Labute approximate surface area is 155 Å². The van der Waals surface area contributed by atoms with Crippen LogP contribution < -0.4 is 5.32 Å². The molecule has 0 aliphatic heterocycles. The molecule has 3 heteroatoms. The SMILES string of the molecule is Cc1ccccc1NC(=O)N(Cc1ccccc1)C(C)c1ccccc1. The van der Waals surface area contributed by atoms with Crippen LogP contribution in [0.1, 0.15) is 29.7 Å². The Bertz CT molecular complexity index is 846. The summed E-state index contributed by atoms with van der Waals surface area (Å²) >= 11 is 0. The number of urea groups is 1. The number of anilines is 1. The van der Waals surface area contributed by atoms with Crippen molar-refractivity contribution in [3.63, 3.8) is 0 Å². The smallest absolute Gasteiger partial charge is 0.313 e. The van der Waals surface area contributed by atoms with Crippen LogP contribution in [0.4, 0.5) is 10.5 Å². The number of hydrogen-bond donors (Lipinski definition) is 1. The largest absolute Gasteiger partial charge is 0.322 e. The van der Waals surface area contributed by atoms with Crippen molar-refractivity contribution >= 4 is 11.7 Å². The van der Waals surface area contributed by atoms with Crippen LogP contribution in [0.5, 0.6) is 0 Å². The van der Waals surface area contributed by atoms with Crippen LogP contribution >= 0.6 is 0 Å². The number of aryl methyl sites for hydroxylation is 1. The fraction of sp³-hybridized carbons (Fsp3) is 0.174. The number of nitrogens with one attached hydrogen (secondary N) is 1. The number of benzene rings is 3. The molecule has 0 heterocycles. The van der Waals surface area contributed by atoms with Gasteiger partial charge in [0.15, 0.2) is 0 Å². The number of para-hydroxylation sites is 1. The first kappa shape index (κ1) is 17.7. The third-order valence-corrected chi connectivity index (χ3v) is 4.59. The molecule has 3 aromatic rings. The van der Waals surface area contributed by atoms with Crippen molar-refractivity contribution in [1.29, 1.82) is 0 Å². The van der Waals surface area contributed by atoms with Crippen molar-refractivity contribution in [1.82, 2.24) is 4.90 Å². The Morgan fingerprint density at radius 3 is 2.12 bits per heavy atom. The Morgan fingerprint density at radius 2 is 1.46 bits per heavy atom. The summed E-state index contributed by atoms with van der Waals surface area (Å²) in [5, 5.41) is 3.07. The summed E-state index contributed by atoms with van der Waals surface area (Å²) in [6.07, 6.45) is 0.